The molecule has 0 bridgehead atoms. The first kappa shape index (κ1) is 26.2. The van der Waals surface area contributed by atoms with E-state index >= 15 is 0 Å². The fraction of sp³-hybridized carbons (Fsp3) is 0.462. The van der Waals surface area contributed by atoms with Crippen molar-refractivity contribution in [2.24, 2.45) is 10.8 Å². The molecule has 0 aromatic heterocycles. The van der Waals surface area contributed by atoms with Gasteiger partial charge >= 0.3 is 0 Å². The molecule has 2 aromatic rings. The van der Waals surface area contributed by atoms with Gasteiger partial charge < -0.3 is 20.3 Å². The summed E-state index contributed by atoms with van der Waals surface area (Å²) in [5.41, 5.74) is 1.64. The van der Waals surface area contributed by atoms with E-state index in [0.29, 0.717) is 21.9 Å². The van der Waals surface area contributed by atoms with Crippen LogP contribution in [0.3, 0.4) is 0 Å². The van der Waals surface area contributed by atoms with Crippen molar-refractivity contribution in [2.45, 2.75) is 39.8 Å². The van der Waals surface area contributed by atoms with Crippen molar-refractivity contribution in [1.29, 1.82) is 5.26 Å². The number of benzene rings is 2. The predicted octanol–water partition coefficient (Wildman–Crippen LogP) is 4.66. The van der Waals surface area contributed by atoms with Crippen molar-refractivity contribution < 1.29 is 9.53 Å². The molecule has 1 heterocycles. The molecule has 1 saturated heterocycles. The van der Waals surface area contributed by atoms with E-state index in [-0.39, 0.29) is 41.3 Å². The maximum atomic E-state index is 13.1. The van der Waals surface area contributed by atoms with Gasteiger partial charge in [-0.15, -0.1) is 12.4 Å². The number of carbonyl (C=O) groups is 1. The van der Waals surface area contributed by atoms with E-state index in [1.807, 2.05) is 24.3 Å². The molecule has 1 saturated carbocycles. The van der Waals surface area contributed by atoms with Crippen LogP contribution in [0.15, 0.2) is 42.5 Å². The van der Waals surface area contributed by atoms with Gasteiger partial charge in [-0.05, 0) is 36.4 Å². The van der Waals surface area contributed by atoms with Gasteiger partial charge in [0.15, 0.2) is 0 Å². The molecular weight excluding hydrogens is 471 g/mol. The van der Waals surface area contributed by atoms with Gasteiger partial charge in [0.25, 0.3) is 5.91 Å². The Balaban J connectivity index is 0.00000324. The highest BCUT2D eigenvalue weighted by molar-refractivity contribution is 6.31. The molecule has 182 valence electrons. The first-order valence-electron chi connectivity index (χ1n) is 11.4. The fourth-order valence-electron chi connectivity index (χ4n) is 5.56. The zero-order chi connectivity index (χ0) is 23.8. The normalized spacial score (nSPS) is 22.5. The van der Waals surface area contributed by atoms with Crippen LogP contribution < -0.4 is 20.3 Å². The molecule has 2 N–H and O–H groups in total. The number of anilines is 1. The topological polar surface area (TPSA) is 77.4 Å². The fourth-order valence-corrected chi connectivity index (χ4v) is 5.77. The van der Waals surface area contributed by atoms with Gasteiger partial charge in [-0.2, -0.15) is 5.26 Å². The highest BCUT2D eigenvalue weighted by Crippen LogP contribution is 2.55. The number of rotatable bonds is 5. The van der Waals surface area contributed by atoms with Crippen molar-refractivity contribution in [3.8, 4) is 11.8 Å². The number of ether oxygens (including phenoxy) is 1. The highest BCUT2D eigenvalue weighted by Gasteiger charge is 2.64. The molecule has 4 rings (SSSR count). The maximum Gasteiger partial charge on any atom is 0.251 e. The second-order valence-corrected chi connectivity index (χ2v) is 10.5. The zero-order valence-electron chi connectivity index (χ0n) is 20.0. The molecule has 8 heteroatoms. The summed E-state index contributed by atoms with van der Waals surface area (Å²) in [7, 11) is 0. The van der Waals surface area contributed by atoms with Gasteiger partial charge in [0.1, 0.15) is 17.9 Å². The third kappa shape index (κ3) is 4.84. The number of nitrogens with zero attached hydrogens (tertiary/aromatic N) is 2. The Kier molecular flexibility index (Phi) is 7.72. The average molecular weight is 503 g/mol. The molecule has 1 aliphatic heterocycles. The summed E-state index contributed by atoms with van der Waals surface area (Å²) in [5.74, 6) is 0.548. The minimum atomic E-state index is -0.291. The van der Waals surface area contributed by atoms with Gasteiger partial charge in [-0.25, -0.2) is 0 Å². The van der Waals surface area contributed by atoms with Crippen molar-refractivity contribution in [3.63, 3.8) is 0 Å². The zero-order valence-corrected chi connectivity index (χ0v) is 21.6. The van der Waals surface area contributed by atoms with Crippen LogP contribution in [-0.4, -0.2) is 44.2 Å². The molecule has 0 spiro atoms. The number of hydrogen-bond acceptors (Lipinski definition) is 5. The maximum absolute atomic E-state index is 13.1. The van der Waals surface area contributed by atoms with E-state index in [4.69, 9.17) is 21.6 Å². The first-order chi connectivity index (χ1) is 15.6. The van der Waals surface area contributed by atoms with Crippen LogP contribution in [0.4, 0.5) is 5.69 Å². The SMILES string of the molecule is CC1(C)C(NC(=O)c2ccc(N3CCNCC3)cc2)C(C)(C)C1Oc1ccc(C#N)c(Cl)c1.Cl. The van der Waals surface area contributed by atoms with Crippen LogP contribution in [-0.2, 0) is 0 Å². The molecule has 0 atom stereocenters. The van der Waals surface area contributed by atoms with Crippen LogP contribution in [0.5, 0.6) is 5.75 Å². The summed E-state index contributed by atoms with van der Waals surface area (Å²) < 4.78 is 6.31. The summed E-state index contributed by atoms with van der Waals surface area (Å²) in [5, 5.41) is 16.1. The first-order valence-corrected chi connectivity index (χ1v) is 11.8. The Morgan fingerprint density at radius 3 is 2.29 bits per heavy atom. The van der Waals surface area contributed by atoms with Gasteiger partial charge in [0.05, 0.1) is 10.6 Å². The van der Waals surface area contributed by atoms with Crippen molar-refractivity contribution >= 4 is 35.6 Å². The van der Waals surface area contributed by atoms with Crippen LogP contribution in [0.25, 0.3) is 0 Å². The van der Waals surface area contributed by atoms with Crippen LogP contribution >= 0.6 is 24.0 Å². The monoisotopic (exact) mass is 502 g/mol. The smallest absolute Gasteiger partial charge is 0.251 e. The summed E-state index contributed by atoms with van der Waals surface area (Å²) >= 11 is 6.18. The lowest BCUT2D eigenvalue weighted by Gasteiger charge is -2.63. The minimum Gasteiger partial charge on any atom is -0.489 e. The lowest BCUT2D eigenvalue weighted by Crippen LogP contribution is -2.74. The van der Waals surface area contributed by atoms with Crippen molar-refractivity contribution in [1.82, 2.24) is 10.6 Å². The number of halogens is 2. The van der Waals surface area contributed by atoms with E-state index in [0.717, 1.165) is 31.9 Å². The Morgan fingerprint density at radius 1 is 1.12 bits per heavy atom. The summed E-state index contributed by atoms with van der Waals surface area (Å²) in [6, 6.07) is 15.0. The van der Waals surface area contributed by atoms with E-state index in [9.17, 15) is 4.79 Å². The molecule has 6 nitrogen and oxygen atoms in total. The number of piperazine rings is 1. The standard InChI is InChI=1S/C26H31ClN4O2.ClH/c1-25(2)23(26(3,4)24(25)33-20-10-7-18(16-28)21(27)15-20)30-22(32)17-5-8-19(9-6-17)31-13-11-29-12-14-31;/h5-10,15,23-24,29H,11-14H2,1-4H3,(H,30,32);1H. The third-order valence-electron chi connectivity index (χ3n) is 7.04. The molecule has 2 aromatic carbocycles. The molecule has 34 heavy (non-hydrogen) atoms. The molecule has 2 fully saturated rings. The second-order valence-electron chi connectivity index (χ2n) is 10.1. The number of hydrogen-bond donors (Lipinski definition) is 2. The number of carbonyl (C=O) groups excluding carboxylic acids is 1. The average Bonchev–Trinajstić information content (AvgIpc) is 2.81. The van der Waals surface area contributed by atoms with Gasteiger partial charge in [-0.1, -0.05) is 39.3 Å². The molecule has 0 radical (unpaired) electrons. The van der Waals surface area contributed by atoms with Crippen molar-refractivity contribution in [2.75, 3.05) is 31.1 Å². The van der Waals surface area contributed by atoms with E-state index in [2.05, 4.69) is 49.3 Å². The number of amides is 1. The Hall–Kier alpha value is -2.46. The highest BCUT2D eigenvalue weighted by atomic mass is 35.5. The third-order valence-corrected chi connectivity index (χ3v) is 7.35. The number of nitrogens with one attached hydrogen (secondary N) is 2. The van der Waals surface area contributed by atoms with Crippen LogP contribution in [0, 0.1) is 22.2 Å². The van der Waals surface area contributed by atoms with E-state index in [1.54, 1.807) is 18.2 Å². The second kappa shape index (κ2) is 10.0. The van der Waals surface area contributed by atoms with E-state index in [1.165, 1.54) is 0 Å². The summed E-state index contributed by atoms with van der Waals surface area (Å²) in [4.78, 5) is 15.4. The molecule has 2 aliphatic rings. The largest absolute Gasteiger partial charge is 0.489 e. The molecular formula is C26H32Cl2N4O2. The predicted molar refractivity (Wildman–Crippen MR) is 138 cm³/mol. The van der Waals surface area contributed by atoms with Crippen LogP contribution in [0.1, 0.15) is 43.6 Å². The molecule has 1 aliphatic carbocycles. The number of nitriles is 1. The Labute approximate surface area is 213 Å². The van der Waals surface area contributed by atoms with Gasteiger partial charge in [-0.3, -0.25) is 4.79 Å². The minimum absolute atomic E-state index is 0. The molecule has 0 unspecified atom stereocenters. The van der Waals surface area contributed by atoms with Gasteiger partial charge in [0.2, 0.25) is 0 Å². The lowest BCUT2D eigenvalue weighted by molar-refractivity contribution is -0.164. The van der Waals surface area contributed by atoms with E-state index < -0.39 is 0 Å². The quantitative estimate of drug-likeness (QED) is 0.621. The Bertz CT molecular complexity index is 1060. The molecule has 1 amide bonds. The Morgan fingerprint density at radius 2 is 1.74 bits per heavy atom. The van der Waals surface area contributed by atoms with Crippen LogP contribution in [0.2, 0.25) is 5.02 Å². The van der Waals surface area contributed by atoms with Gasteiger partial charge in [0, 0.05) is 60.4 Å². The van der Waals surface area contributed by atoms with Crippen molar-refractivity contribution in [3.05, 3.63) is 58.6 Å². The lowest BCUT2D eigenvalue weighted by atomic mass is 9.49. The summed E-state index contributed by atoms with van der Waals surface area (Å²) in [6.45, 7) is 12.3. The summed E-state index contributed by atoms with van der Waals surface area (Å²) in [6.07, 6.45) is -0.130.